The van der Waals surface area contributed by atoms with Crippen molar-refractivity contribution in [3.8, 4) is 6.07 Å². The van der Waals surface area contributed by atoms with Crippen LogP contribution in [0, 0.1) is 11.3 Å². The molecule has 3 rings (SSSR count). The van der Waals surface area contributed by atoms with Crippen LogP contribution in [0.2, 0.25) is 0 Å². The molecule has 1 heterocycles. The van der Waals surface area contributed by atoms with E-state index in [1.54, 1.807) is 4.90 Å². The van der Waals surface area contributed by atoms with Crippen molar-refractivity contribution in [1.82, 2.24) is 0 Å². The lowest BCUT2D eigenvalue weighted by Gasteiger charge is -2.36. The van der Waals surface area contributed by atoms with Gasteiger partial charge in [-0.25, -0.2) is 0 Å². The highest BCUT2D eigenvalue weighted by Crippen LogP contribution is 2.47. The molecule has 1 aliphatic heterocycles. The molecule has 0 radical (unpaired) electrons. The van der Waals surface area contributed by atoms with Gasteiger partial charge in [-0.1, -0.05) is 12.1 Å². The van der Waals surface area contributed by atoms with Gasteiger partial charge >= 0.3 is 0 Å². The Morgan fingerprint density at radius 1 is 1.32 bits per heavy atom. The summed E-state index contributed by atoms with van der Waals surface area (Å²) in [6.07, 6.45) is 2.99. The van der Waals surface area contributed by atoms with Gasteiger partial charge < -0.3 is 4.90 Å². The van der Waals surface area contributed by atoms with Gasteiger partial charge in [-0.05, 0) is 50.3 Å². The van der Waals surface area contributed by atoms with Crippen LogP contribution in [0.15, 0.2) is 18.2 Å². The maximum absolute atomic E-state index is 12.3. The number of likely N-dealkylation sites (N-methyl/N-ethyl adjacent to an activating group) is 1. The lowest BCUT2D eigenvalue weighted by Crippen LogP contribution is -2.34. The summed E-state index contributed by atoms with van der Waals surface area (Å²) < 4.78 is 0. The molecule has 1 aliphatic carbocycles. The van der Waals surface area contributed by atoms with E-state index in [0.717, 1.165) is 36.1 Å². The van der Waals surface area contributed by atoms with Crippen LogP contribution in [0.4, 0.5) is 5.69 Å². The summed E-state index contributed by atoms with van der Waals surface area (Å²) in [6.45, 7) is 3.92. The van der Waals surface area contributed by atoms with Crippen molar-refractivity contribution >= 4 is 11.6 Å². The van der Waals surface area contributed by atoms with Crippen LogP contribution in [-0.4, -0.2) is 13.0 Å². The summed E-state index contributed by atoms with van der Waals surface area (Å²) in [6, 6.07) is 8.57. The summed E-state index contributed by atoms with van der Waals surface area (Å²) >= 11 is 0. The molecule has 0 unspecified atom stereocenters. The van der Waals surface area contributed by atoms with Gasteiger partial charge in [0.25, 0.3) is 0 Å². The smallest absolute Gasteiger partial charge is 0.236 e. The maximum Gasteiger partial charge on any atom is 0.236 e. The van der Waals surface area contributed by atoms with Crippen molar-refractivity contribution in [3.63, 3.8) is 0 Å². The van der Waals surface area contributed by atoms with Gasteiger partial charge in [-0.2, -0.15) is 5.26 Å². The fraction of sp³-hybridized carbons (Fsp3) is 0.500. The number of carbonyl (C=O) groups excluding carboxylic acids is 1. The van der Waals surface area contributed by atoms with Crippen LogP contribution in [0.25, 0.3) is 0 Å². The number of nitrogens with zero attached hydrogens (tertiary/aromatic N) is 2. The van der Waals surface area contributed by atoms with Gasteiger partial charge in [0.15, 0.2) is 0 Å². The Labute approximate surface area is 113 Å². The van der Waals surface area contributed by atoms with Crippen molar-refractivity contribution in [2.24, 2.45) is 0 Å². The first-order valence-electron chi connectivity index (χ1n) is 6.77. The number of hydrogen-bond donors (Lipinski definition) is 0. The van der Waals surface area contributed by atoms with Gasteiger partial charge in [0.05, 0.1) is 16.9 Å². The topological polar surface area (TPSA) is 44.1 Å². The monoisotopic (exact) mass is 254 g/mol. The second kappa shape index (κ2) is 3.60. The van der Waals surface area contributed by atoms with Crippen molar-refractivity contribution in [2.45, 2.75) is 43.9 Å². The van der Waals surface area contributed by atoms with E-state index >= 15 is 0 Å². The quantitative estimate of drug-likeness (QED) is 0.773. The van der Waals surface area contributed by atoms with E-state index in [1.165, 1.54) is 0 Å². The molecule has 0 atom stereocenters. The highest BCUT2D eigenvalue weighted by atomic mass is 16.2. The number of hydrogen-bond acceptors (Lipinski definition) is 2. The Balaban J connectivity index is 2.14. The third kappa shape index (κ3) is 1.40. The molecular formula is C16H18N2O. The van der Waals surface area contributed by atoms with Crippen LogP contribution >= 0.6 is 0 Å². The number of rotatable bonds is 1. The highest BCUT2D eigenvalue weighted by Gasteiger charge is 2.45. The number of carbonyl (C=O) groups is 1. The Hall–Kier alpha value is -1.82. The molecule has 98 valence electrons. The lowest BCUT2D eigenvalue weighted by molar-refractivity contribution is -0.121. The summed E-state index contributed by atoms with van der Waals surface area (Å²) in [4.78, 5) is 14.0. The Morgan fingerprint density at radius 3 is 2.53 bits per heavy atom. The molecule has 0 saturated heterocycles. The molecule has 3 heteroatoms. The van der Waals surface area contributed by atoms with E-state index in [1.807, 2.05) is 33.0 Å². The minimum Gasteiger partial charge on any atom is -0.314 e. The van der Waals surface area contributed by atoms with E-state index in [-0.39, 0.29) is 11.3 Å². The van der Waals surface area contributed by atoms with Crippen molar-refractivity contribution < 1.29 is 4.79 Å². The fourth-order valence-corrected chi connectivity index (χ4v) is 3.27. The van der Waals surface area contributed by atoms with E-state index in [2.05, 4.69) is 12.1 Å². The molecule has 0 aromatic heterocycles. The van der Waals surface area contributed by atoms with E-state index in [4.69, 9.17) is 0 Å². The third-order valence-electron chi connectivity index (χ3n) is 4.84. The molecular weight excluding hydrogens is 236 g/mol. The van der Waals surface area contributed by atoms with Crippen LogP contribution in [-0.2, 0) is 15.6 Å². The second-order valence-corrected chi connectivity index (χ2v) is 6.27. The number of nitriles is 1. The predicted molar refractivity (Wildman–Crippen MR) is 74.0 cm³/mol. The van der Waals surface area contributed by atoms with Crippen molar-refractivity contribution in [2.75, 3.05) is 11.9 Å². The standard InChI is InChI=1S/C16H18N2O/c1-15(2)12-9-11(16(10-17)7-4-8-16)5-6-13(12)18(3)14(15)19/h5-6,9H,4,7-8H2,1-3H3. The summed E-state index contributed by atoms with van der Waals surface area (Å²) in [5.74, 6) is 0.124. The van der Waals surface area contributed by atoms with Crippen LogP contribution in [0.1, 0.15) is 44.2 Å². The van der Waals surface area contributed by atoms with Gasteiger partial charge in [0.1, 0.15) is 0 Å². The zero-order chi connectivity index (χ0) is 13.8. The number of fused-ring (bicyclic) bond motifs is 1. The second-order valence-electron chi connectivity index (χ2n) is 6.27. The average Bonchev–Trinajstić information content (AvgIpc) is 2.51. The molecule has 1 saturated carbocycles. The number of amides is 1. The molecule has 1 aromatic rings. The van der Waals surface area contributed by atoms with Crippen LogP contribution in [0.5, 0.6) is 0 Å². The zero-order valence-corrected chi connectivity index (χ0v) is 11.7. The molecule has 0 bridgehead atoms. The summed E-state index contributed by atoms with van der Waals surface area (Å²) in [5.41, 5.74) is 2.32. The van der Waals surface area contributed by atoms with Gasteiger partial charge in [-0.3, -0.25) is 4.79 Å². The third-order valence-corrected chi connectivity index (χ3v) is 4.84. The summed E-state index contributed by atoms with van der Waals surface area (Å²) in [7, 11) is 1.82. The van der Waals surface area contributed by atoms with Gasteiger partial charge in [-0.15, -0.1) is 0 Å². The molecule has 1 aromatic carbocycles. The molecule has 1 amide bonds. The molecule has 1 fully saturated rings. The van der Waals surface area contributed by atoms with E-state index < -0.39 is 5.41 Å². The van der Waals surface area contributed by atoms with E-state index in [9.17, 15) is 10.1 Å². The average molecular weight is 254 g/mol. The number of benzene rings is 1. The Bertz CT molecular complexity index is 606. The summed E-state index contributed by atoms with van der Waals surface area (Å²) in [5, 5.41) is 9.45. The van der Waals surface area contributed by atoms with Crippen LogP contribution in [0.3, 0.4) is 0 Å². The molecule has 3 nitrogen and oxygen atoms in total. The zero-order valence-electron chi connectivity index (χ0n) is 11.7. The van der Waals surface area contributed by atoms with E-state index in [0.29, 0.717) is 0 Å². The first-order valence-corrected chi connectivity index (χ1v) is 6.77. The first kappa shape index (κ1) is 12.2. The predicted octanol–water partition coefficient (Wildman–Crippen LogP) is 2.89. The molecule has 19 heavy (non-hydrogen) atoms. The van der Waals surface area contributed by atoms with Crippen molar-refractivity contribution in [3.05, 3.63) is 29.3 Å². The molecule has 2 aliphatic rings. The lowest BCUT2D eigenvalue weighted by atomic mass is 9.65. The molecule has 0 spiro atoms. The Kier molecular flexibility index (Phi) is 2.32. The van der Waals surface area contributed by atoms with Crippen molar-refractivity contribution in [1.29, 1.82) is 5.26 Å². The normalized spacial score (nSPS) is 22.6. The minimum absolute atomic E-state index is 0.124. The SMILES string of the molecule is CN1C(=O)C(C)(C)c2cc(C3(C#N)CCC3)ccc21. The fourth-order valence-electron chi connectivity index (χ4n) is 3.27. The van der Waals surface area contributed by atoms with Gasteiger partial charge in [0, 0.05) is 12.7 Å². The number of anilines is 1. The molecule has 0 N–H and O–H groups in total. The maximum atomic E-state index is 12.3. The Morgan fingerprint density at radius 2 is 2.00 bits per heavy atom. The van der Waals surface area contributed by atoms with Gasteiger partial charge in [0.2, 0.25) is 5.91 Å². The van der Waals surface area contributed by atoms with Crippen LogP contribution < -0.4 is 4.90 Å². The largest absolute Gasteiger partial charge is 0.314 e. The first-order chi connectivity index (χ1) is 8.92. The highest BCUT2D eigenvalue weighted by molar-refractivity contribution is 6.07. The minimum atomic E-state index is -0.486.